The summed E-state index contributed by atoms with van der Waals surface area (Å²) in [5, 5.41) is 5.31. The molecule has 0 saturated heterocycles. The van der Waals surface area contributed by atoms with Crippen molar-refractivity contribution in [3.05, 3.63) is 45.2 Å². The van der Waals surface area contributed by atoms with Crippen LogP contribution in [-0.4, -0.2) is 22.3 Å². The smallest absolute Gasteiger partial charge is 0.284 e. The number of rotatable bonds is 9. The molecule has 1 heterocycles. The van der Waals surface area contributed by atoms with Gasteiger partial charge in [0.05, 0.1) is 10.7 Å². The first-order valence-electron chi connectivity index (χ1n) is 9.10. The van der Waals surface area contributed by atoms with Gasteiger partial charge in [0.15, 0.2) is 6.61 Å². The van der Waals surface area contributed by atoms with Crippen LogP contribution in [0.3, 0.4) is 0 Å². The Labute approximate surface area is 165 Å². The normalized spacial score (nSPS) is 11.0. The summed E-state index contributed by atoms with van der Waals surface area (Å²) in [6.07, 6.45) is 7.07. The van der Waals surface area contributed by atoms with Crippen LogP contribution >= 0.6 is 23.2 Å². The molecule has 0 atom stereocenters. The first kappa shape index (κ1) is 20.8. The highest BCUT2D eigenvalue weighted by Crippen LogP contribution is 2.27. The number of hydrogen-bond acceptors (Lipinski definition) is 3. The van der Waals surface area contributed by atoms with Gasteiger partial charge < -0.3 is 4.74 Å². The van der Waals surface area contributed by atoms with Crippen molar-refractivity contribution in [1.82, 2.24) is 9.78 Å². The number of nitrogens with zero attached hydrogens (tertiary/aromatic N) is 2. The van der Waals surface area contributed by atoms with Gasteiger partial charge in [0.25, 0.3) is 5.91 Å². The molecule has 2 aromatic rings. The lowest BCUT2D eigenvalue weighted by Gasteiger charge is -2.08. The second kappa shape index (κ2) is 9.98. The summed E-state index contributed by atoms with van der Waals surface area (Å²) in [6.45, 7) is 5.98. The summed E-state index contributed by atoms with van der Waals surface area (Å²) in [5.74, 6) is 0.218. The molecule has 1 aromatic carbocycles. The van der Waals surface area contributed by atoms with Crippen LogP contribution in [0.4, 0.5) is 0 Å². The molecule has 0 amide bonds. The van der Waals surface area contributed by atoms with Crippen LogP contribution in [0, 0.1) is 13.8 Å². The van der Waals surface area contributed by atoms with E-state index in [0.717, 1.165) is 24.2 Å². The SMILES string of the molecule is CCCCCCCc1c(C)nn(C(=O)COc2ccc(Cl)cc2Cl)c1C. The van der Waals surface area contributed by atoms with E-state index >= 15 is 0 Å². The zero-order valence-corrected chi connectivity index (χ0v) is 17.2. The third-order valence-corrected chi connectivity index (χ3v) is 4.98. The highest BCUT2D eigenvalue weighted by atomic mass is 35.5. The third kappa shape index (κ3) is 5.49. The molecule has 4 nitrogen and oxygen atoms in total. The summed E-state index contributed by atoms with van der Waals surface area (Å²) in [4.78, 5) is 12.5. The van der Waals surface area contributed by atoms with E-state index < -0.39 is 0 Å². The van der Waals surface area contributed by atoms with Crippen LogP contribution in [0.15, 0.2) is 18.2 Å². The Balaban J connectivity index is 1.97. The van der Waals surface area contributed by atoms with Crippen LogP contribution in [0.2, 0.25) is 10.0 Å². The highest BCUT2D eigenvalue weighted by molar-refractivity contribution is 6.35. The van der Waals surface area contributed by atoms with Gasteiger partial charge in [-0.1, -0.05) is 55.8 Å². The van der Waals surface area contributed by atoms with Crippen molar-refractivity contribution in [2.24, 2.45) is 0 Å². The molecule has 0 spiro atoms. The Bertz CT molecular complexity index is 757. The van der Waals surface area contributed by atoms with E-state index in [9.17, 15) is 4.79 Å². The van der Waals surface area contributed by atoms with Gasteiger partial charge in [-0.25, -0.2) is 4.68 Å². The van der Waals surface area contributed by atoms with Gasteiger partial charge in [0.2, 0.25) is 0 Å². The van der Waals surface area contributed by atoms with Gasteiger partial charge in [-0.2, -0.15) is 5.10 Å². The van der Waals surface area contributed by atoms with Gasteiger partial charge in [0.1, 0.15) is 5.75 Å². The second-order valence-corrected chi connectivity index (χ2v) is 7.33. The van der Waals surface area contributed by atoms with E-state index in [1.807, 2.05) is 13.8 Å². The van der Waals surface area contributed by atoms with Crippen LogP contribution in [0.5, 0.6) is 5.75 Å². The van der Waals surface area contributed by atoms with E-state index in [1.165, 1.54) is 35.9 Å². The third-order valence-electron chi connectivity index (χ3n) is 4.45. The number of hydrogen-bond donors (Lipinski definition) is 0. The predicted octanol–water partition coefficient (Wildman–Crippen LogP) is 6.04. The number of ether oxygens (including phenoxy) is 1. The molecule has 26 heavy (non-hydrogen) atoms. The highest BCUT2D eigenvalue weighted by Gasteiger charge is 2.17. The fourth-order valence-corrected chi connectivity index (χ4v) is 3.44. The van der Waals surface area contributed by atoms with Crippen LogP contribution in [-0.2, 0) is 6.42 Å². The number of unbranched alkanes of at least 4 members (excludes halogenated alkanes) is 4. The van der Waals surface area contributed by atoms with E-state index in [0.29, 0.717) is 15.8 Å². The van der Waals surface area contributed by atoms with Crippen molar-refractivity contribution in [2.45, 2.75) is 59.3 Å². The minimum absolute atomic E-state index is 0.126. The molecule has 0 aliphatic carbocycles. The average Bonchev–Trinajstić information content (AvgIpc) is 2.88. The molecule has 0 N–H and O–H groups in total. The monoisotopic (exact) mass is 396 g/mol. The number of aryl methyl sites for hydroxylation is 1. The lowest BCUT2D eigenvalue weighted by atomic mass is 10.0. The molecule has 6 heteroatoms. The molecule has 2 rings (SSSR count). The van der Waals surface area contributed by atoms with Gasteiger partial charge in [-0.05, 0) is 50.5 Å². The standard InChI is InChI=1S/C20H26Cl2N2O2/c1-4-5-6-7-8-9-17-14(2)23-24(15(17)3)20(25)13-26-19-11-10-16(21)12-18(19)22/h10-12H,4-9,13H2,1-3H3. The fraction of sp³-hybridized carbons (Fsp3) is 0.500. The van der Waals surface area contributed by atoms with Gasteiger partial charge in [-0.15, -0.1) is 0 Å². The lowest BCUT2D eigenvalue weighted by Crippen LogP contribution is -2.22. The van der Waals surface area contributed by atoms with Crippen LogP contribution in [0.25, 0.3) is 0 Å². The Hall–Kier alpha value is -1.52. The number of aromatic nitrogens is 2. The Morgan fingerprint density at radius 1 is 1.15 bits per heavy atom. The molecule has 0 bridgehead atoms. The number of carbonyl (C=O) groups excluding carboxylic acids is 1. The van der Waals surface area contributed by atoms with Crippen LogP contribution in [0.1, 0.15) is 60.8 Å². The van der Waals surface area contributed by atoms with Crippen molar-refractivity contribution < 1.29 is 9.53 Å². The first-order chi connectivity index (χ1) is 12.4. The van der Waals surface area contributed by atoms with Crippen LogP contribution < -0.4 is 4.74 Å². The second-order valence-electron chi connectivity index (χ2n) is 6.48. The molecule has 0 aliphatic heterocycles. The maximum Gasteiger partial charge on any atom is 0.284 e. The quantitative estimate of drug-likeness (QED) is 0.485. The van der Waals surface area contributed by atoms with Crippen molar-refractivity contribution in [2.75, 3.05) is 6.61 Å². The van der Waals surface area contributed by atoms with E-state index in [2.05, 4.69) is 12.0 Å². The molecular weight excluding hydrogens is 371 g/mol. The summed E-state index contributed by atoms with van der Waals surface area (Å²) in [5.41, 5.74) is 2.98. The minimum atomic E-state index is -0.214. The molecule has 0 unspecified atom stereocenters. The summed E-state index contributed by atoms with van der Waals surface area (Å²) < 4.78 is 6.98. The summed E-state index contributed by atoms with van der Waals surface area (Å²) in [7, 11) is 0. The van der Waals surface area contributed by atoms with Crippen molar-refractivity contribution in [1.29, 1.82) is 0 Å². The van der Waals surface area contributed by atoms with E-state index in [-0.39, 0.29) is 12.5 Å². The van der Waals surface area contributed by atoms with Crippen molar-refractivity contribution >= 4 is 29.1 Å². The number of halogens is 2. The van der Waals surface area contributed by atoms with Crippen molar-refractivity contribution in [3.63, 3.8) is 0 Å². The largest absolute Gasteiger partial charge is 0.482 e. The van der Waals surface area contributed by atoms with Gasteiger partial charge in [0, 0.05) is 10.7 Å². The Kier molecular flexibility index (Phi) is 7.98. The first-order valence-corrected chi connectivity index (χ1v) is 9.85. The van der Waals surface area contributed by atoms with Gasteiger partial charge >= 0.3 is 0 Å². The number of benzene rings is 1. The molecule has 0 aliphatic rings. The maximum atomic E-state index is 12.5. The fourth-order valence-electron chi connectivity index (χ4n) is 2.98. The molecule has 0 radical (unpaired) electrons. The van der Waals surface area contributed by atoms with E-state index in [1.54, 1.807) is 18.2 Å². The zero-order chi connectivity index (χ0) is 19.1. The number of carbonyl (C=O) groups is 1. The summed E-state index contributed by atoms with van der Waals surface area (Å²) >= 11 is 11.9. The van der Waals surface area contributed by atoms with Gasteiger partial charge in [-0.3, -0.25) is 4.79 Å². The van der Waals surface area contributed by atoms with E-state index in [4.69, 9.17) is 27.9 Å². The topological polar surface area (TPSA) is 44.1 Å². The average molecular weight is 397 g/mol. The predicted molar refractivity (Wildman–Crippen MR) is 107 cm³/mol. The Morgan fingerprint density at radius 3 is 2.58 bits per heavy atom. The Morgan fingerprint density at radius 2 is 1.88 bits per heavy atom. The molecule has 0 fully saturated rings. The maximum absolute atomic E-state index is 12.5. The van der Waals surface area contributed by atoms with Crippen molar-refractivity contribution in [3.8, 4) is 5.75 Å². The summed E-state index contributed by atoms with van der Waals surface area (Å²) in [6, 6.07) is 4.91. The molecular formula is C20H26Cl2N2O2. The minimum Gasteiger partial charge on any atom is -0.482 e. The molecule has 142 valence electrons. The molecule has 1 aromatic heterocycles. The lowest BCUT2D eigenvalue weighted by molar-refractivity contribution is 0.0818. The molecule has 0 saturated carbocycles. The zero-order valence-electron chi connectivity index (χ0n) is 15.6.